The van der Waals surface area contributed by atoms with Gasteiger partial charge in [-0.3, -0.25) is 14.5 Å². The highest BCUT2D eigenvalue weighted by Gasteiger charge is 2.38. The first-order valence-electron chi connectivity index (χ1n) is 6.99. The van der Waals surface area contributed by atoms with Crippen molar-refractivity contribution < 1.29 is 9.59 Å². The molecule has 2 amide bonds. The van der Waals surface area contributed by atoms with Crippen LogP contribution in [-0.2, 0) is 9.59 Å². The van der Waals surface area contributed by atoms with E-state index in [9.17, 15) is 9.59 Å². The van der Waals surface area contributed by atoms with Gasteiger partial charge >= 0.3 is 0 Å². The number of hydrogen-bond acceptors (Lipinski definition) is 3. The minimum Gasteiger partial charge on any atom is -0.320 e. The molecule has 0 radical (unpaired) electrons. The van der Waals surface area contributed by atoms with Crippen molar-refractivity contribution in [3.8, 4) is 11.8 Å². The normalized spacial score (nSPS) is 17.4. The molecule has 110 valence electrons. The van der Waals surface area contributed by atoms with E-state index in [4.69, 9.17) is 5.73 Å². The highest BCUT2D eigenvalue weighted by Crippen LogP contribution is 2.34. The highest BCUT2D eigenvalue weighted by molar-refractivity contribution is 6.17. The lowest BCUT2D eigenvalue weighted by atomic mass is 9.81. The van der Waals surface area contributed by atoms with E-state index in [0.717, 1.165) is 11.1 Å². The lowest BCUT2D eigenvalue weighted by Gasteiger charge is -2.34. The summed E-state index contributed by atoms with van der Waals surface area (Å²) in [6.07, 6.45) is 0.743. The summed E-state index contributed by atoms with van der Waals surface area (Å²) in [7, 11) is 0. The molecule has 1 saturated heterocycles. The van der Waals surface area contributed by atoms with Gasteiger partial charge in [0.05, 0.1) is 12.2 Å². The van der Waals surface area contributed by atoms with E-state index in [1.54, 1.807) is 6.07 Å². The second kappa shape index (κ2) is 5.71. The van der Waals surface area contributed by atoms with Crippen LogP contribution in [0.1, 0.15) is 37.8 Å². The molecule has 0 aliphatic carbocycles. The van der Waals surface area contributed by atoms with Crippen LogP contribution in [0.5, 0.6) is 0 Å². The lowest BCUT2D eigenvalue weighted by Crippen LogP contribution is -2.46. The largest absolute Gasteiger partial charge is 0.320 e. The zero-order valence-electron chi connectivity index (χ0n) is 12.7. The fourth-order valence-electron chi connectivity index (χ4n) is 2.58. The van der Waals surface area contributed by atoms with Gasteiger partial charge in [0.15, 0.2) is 0 Å². The highest BCUT2D eigenvalue weighted by atomic mass is 16.2. The Labute approximate surface area is 125 Å². The maximum atomic E-state index is 12.3. The summed E-state index contributed by atoms with van der Waals surface area (Å²) in [5, 5.41) is 0. The van der Waals surface area contributed by atoms with E-state index in [1.165, 1.54) is 4.90 Å². The number of rotatable bonds is 1. The average Bonchev–Trinajstić information content (AvgIpc) is 2.33. The van der Waals surface area contributed by atoms with Crippen molar-refractivity contribution in [2.75, 3.05) is 11.4 Å². The van der Waals surface area contributed by atoms with Crippen molar-refractivity contribution in [2.24, 2.45) is 11.1 Å². The van der Waals surface area contributed by atoms with E-state index in [1.807, 2.05) is 32.9 Å². The first kappa shape index (κ1) is 15.3. The molecular formula is C17H20N2O2. The number of carbonyl (C=O) groups excluding carboxylic acids is 2. The fourth-order valence-corrected chi connectivity index (χ4v) is 2.58. The van der Waals surface area contributed by atoms with Crippen LogP contribution in [0.2, 0.25) is 0 Å². The van der Waals surface area contributed by atoms with Crippen molar-refractivity contribution >= 4 is 17.5 Å². The molecule has 1 fully saturated rings. The predicted octanol–water partition coefficient (Wildman–Crippen LogP) is 1.98. The van der Waals surface area contributed by atoms with Crippen LogP contribution in [0, 0.1) is 24.2 Å². The molecule has 0 saturated carbocycles. The molecule has 4 heteroatoms. The molecule has 1 aliphatic heterocycles. The van der Waals surface area contributed by atoms with E-state index < -0.39 is 0 Å². The number of hydrogen-bond donors (Lipinski definition) is 1. The second-order valence-electron chi connectivity index (χ2n) is 6.20. The maximum Gasteiger partial charge on any atom is 0.234 e. The Morgan fingerprint density at radius 3 is 2.38 bits per heavy atom. The number of imide groups is 1. The van der Waals surface area contributed by atoms with Crippen LogP contribution in [0.3, 0.4) is 0 Å². The third kappa shape index (κ3) is 3.50. The Balaban J connectivity index is 2.39. The number of nitrogens with two attached hydrogens (primary N) is 1. The summed E-state index contributed by atoms with van der Waals surface area (Å²) in [6, 6.07) is 5.51. The van der Waals surface area contributed by atoms with Crippen molar-refractivity contribution in [3.63, 3.8) is 0 Å². The van der Waals surface area contributed by atoms with Gasteiger partial charge in [-0.2, -0.15) is 0 Å². The summed E-state index contributed by atoms with van der Waals surface area (Å²) >= 11 is 0. The van der Waals surface area contributed by atoms with Gasteiger partial charge in [0, 0.05) is 18.4 Å². The standard InChI is InChI=1S/C17H20N2O2/c1-12-7-13(5-4-6-18)9-14(8-12)19-15(20)10-17(2,3)11-16(19)21/h7-9H,6,10-11,18H2,1-3H3. The first-order chi connectivity index (χ1) is 9.82. The Morgan fingerprint density at radius 1 is 1.19 bits per heavy atom. The second-order valence-corrected chi connectivity index (χ2v) is 6.20. The number of anilines is 1. The zero-order chi connectivity index (χ0) is 15.6. The monoisotopic (exact) mass is 284 g/mol. The molecule has 1 aromatic carbocycles. The molecule has 2 rings (SSSR count). The van der Waals surface area contributed by atoms with Crippen LogP contribution in [0.4, 0.5) is 5.69 Å². The molecule has 21 heavy (non-hydrogen) atoms. The Bertz CT molecular complexity index is 630. The Hall–Kier alpha value is -2.12. The molecule has 2 N–H and O–H groups in total. The van der Waals surface area contributed by atoms with Gasteiger partial charge in [-0.1, -0.05) is 25.7 Å². The molecule has 0 unspecified atom stereocenters. The number of carbonyl (C=O) groups is 2. The summed E-state index contributed by atoms with van der Waals surface area (Å²) < 4.78 is 0. The molecule has 4 nitrogen and oxygen atoms in total. The minimum atomic E-state index is -0.267. The van der Waals surface area contributed by atoms with Gasteiger partial charge in [-0.15, -0.1) is 0 Å². The van der Waals surface area contributed by atoms with E-state index in [0.29, 0.717) is 18.5 Å². The van der Waals surface area contributed by atoms with E-state index in [2.05, 4.69) is 11.8 Å². The number of aryl methyl sites for hydroxylation is 1. The Kier molecular flexibility index (Phi) is 4.15. The molecule has 0 aromatic heterocycles. The molecule has 1 aromatic rings. The van der Waals surface area contributed by atoms with Crippen molar-refractivity contribution in [1.29, 1.82) is 0 Å². The van der Waals surface area contributed by atoms with E-state index in [-0.39, 0.29) is 23.8 Å². The summed E-state index contributed by atoms with van der Waals surface area (Å²) in [5.41, 5.74) is 7.43. The smallest absolute Gasteiger partial charge is 0.234 e. The van der Waals surface area contributed by atoms with Gasteiger partial charge in [-0.05, 0) is 36.1 Å². The molecule has 0 spiro atoms. The first-order valence-corrected chi connectivity index (χ1v) is 6.99. The summed E-state index contributed by atoms with van der Waals surface area (Å²) in [4.78, 5) is 25.9. The summed E-state index contributed by atoms with van der Waals surface area (Å²) in [5.74, 6) is 5.43. The SMILES string of the molecule is Cc1cc(C#CCN)cc(N2C(=O)CC(C)(C)CC2=O)c1. The number of nitrogens with zero attached hydrogens (tertiary/aromatic N) is 1. The van der Waals surface area contributed by atoms with Gasteiger partial charge in [0.1, 0.15) is 0 Å². The van der Waals surface area contributed by atoms with Crippen molar-refractivity contribution in [1.82, 2.24) is 0 Å². The fraction of sp³-hybridized carbons (Fsp3) is 0.412. The lowest BCUT2D eigenvalue weighted by molar-refractivity contribution is -0.132. The van der Waals surface area contributed by atoms with Crippen LogP contribution >= 0.6 is 0 Å². The number of benzene rings is 1. The van der Waals surface area contributed by atoms with Crippen molar-refractivity contribution in [2.45, 2.75) is 33.6 Å². The van der Waals surface area contributed by atoms with Gasteiger partial charge in [0.25, 0.3) is 0 Å². The molecule has 0 bridgehead atoms. The number of piperidine rings is 1. The molecule has 1 heterocycles. The van der Waals surface area contributed by atoms with Crippen LogP contribution in [0.25, 0.3) is 0 Å². The predicted molar refractivity (Wildman–Crippen MR) is 82.6 cm³/mol. The van der Waals surface area contributed by atoms with Crippen molar-refractivity contribution in [3.05, 3.63) is 29.3 Å². The third-order valence-electron chi connectivity index (χ3n) is 3.41. The quantitative estimate of drug-likeness (QED) is 0.633. The van der Waals surface area contributed by atoms with Crippen LogP contribution in [0.15, 0.2) is 18.2 Å². The van der Waals surface area contributed by atoms with Gasteiger partial charge < -0.3 is 5.73 Å². The van der Waals surface area contributed by atoms with Gasteiger partial charge in [-0.25, -0.2) is 0 Å². The maximum absolute atomic E-state index is 12.3. The molecular weight excluding hydrogens is 264 g/mol. The zero-order valence-corrected chi connectivity index (χ0v) is 12.7. The molecule has 1 aliphatic rings. The average molecular weight is 284 g/mol. The third-order valence-corrected chi connectivity index (χ3v) is 3.41. The summed E-state index contributed by atoms with van der Waals surface area (Å²) in [6.45, 7) is 6.07. The Morgan fingerprint density at radius 2 is 1.81 bits per heavy atom. The topological polar surface area (TPSA) is 63.4 Å². The molecule has 0 atom stereocenters. The minimum absolute atomic E-state index is 0.153. The number of amides is 2. The van der Waals surface area contributed by atoms with Crippen LogP contribution < -0.4 is 10.6 Å². The van der Waals surface area contributed by atoms with Gasteiger partial charge in [0.2, 0.25) is 11.8 Å². The van der Waals surface area contributed by atoms with E-state index >= 15 is 0 Å². The van der Waals surface area contributed by atoms with Crippen LogP contribution in [-0.4, -0.2) is 18.4 Å².